The van der Waals surface area contributed by atoms with Crippen molar-refractivity contribution < 1.29 is 4.39 Å². The lowest BCUT2D eigenvalue weighted by atomic mass is 10.0. The Kier molecular flexibility index (Phi) is 4.44. The van der Waals surface area contributed by atoms with Crippen molar-refractivity contribution in [2.24, 2.45) is 0 Å². The molecular formula is C21H18FN4OP. The number of pyridine rings is 1. The summed E-state index contributed by atoms with van der Waals surface area (Å²) in [5.41, 5.74) is 9.23. The number of aryl methyl sites for hydroxylation is 2. The van der Waals surface area contributed by atoms with Gasteiger partial charge < -0.3 is 5.73 Å². The third-order valence-corrected chi connectivity index (χ3v) is 5.09. The number of anilines is 1. The van der Waals surface area contributed by atoms with Gasteiger partial charge in [-0.05, 0) is 49.0 Å². The number of nitrogen functional groups attached to an aromatic ring is 1. The van der Waals surface area contributed by atoms with Crippen LogP contribution in [0.5, 0.6) is 0 Å². The van der Waals surface area contributed by atoms with Crippen LogP contribution in [0.25, 0.3) is 28.0 Å². The second kappa shape index (κ2) is 6.80. The highest BCUT2D eigenvalue weighted by molar-refractivity contribution is 7.27. The second-order valence-electron chi connectivity index (χ2n) is 6.62. The Hall–Kier alpha value is -3.11. The average molecular weight is 392 g/mol. The molecule has 4 rings (SSSR count). The summed E-state index contributed by atoms with van der Waals surface area (Å²) in [5.74, 6) is -0.0228. The van der Waals surface area contributed by atoms with Gasteiger partial charge in [0.2, 0.25) is 0 Å². The SMILES string of the molecule is Cc1nc(-c2cc(N)ccc2C)c2ccc(=O)n(-c3c(F)cccc3P)c2n1. The van der Waals surface area contributed by atoms with E-state index in [4.69, 9.17) is 5.73 Å². The smallest absolute Gasteiger partial charge is 0.256 e. The van der Waals surface area contributed by atoms with E-state index in [2.05, 4.69) is 19.2 Å². The predicted octanol–water partition coefficient (Wildman–Crippen LogP) is 3.29. The number of fused-ring (bicyclic) bond motifs is 1. The molecule has 0 fully saturated rings. The maximum absolute atomic E-state index is 14.7. The van der Waals surface area contributed by atoms with Crippen LogP contribution in [0.2, 0.25) is 0 Å². The minimum absolute atomic E-state index is 0.163. The van der Waals surface area contributed by atoms with Crippen molar-refractivity contribution in [2.75, 3.05) is 5.73 Å². The quantitative estimate of drug-likeness (QED) is 0.420. The number of aromatic nitrogens is 3. The van der Waals surface area contributed by atoms with Gasteiger partial charge in [0.05, 0.1) is 11.4 Å². The van der Waals surface area contributed by atoms with E-state index in [1.165, 1.54) is 16.7 Å². The number of para-hydroxylation sites is 1. The van der Waals surface area contributed by atoms with Crippen LogP contribution in [0.3, 0.4) is 0 Å². The molecule has 140 valence electrons. The first-order chi connectivity index (χ1) is 13.4. The van der Waals surface area contributed by atoms with Crippen LogP contribution in [0.15, 0.2) is 53.3 Å². The molecular weight excluding hydrogens is 374 g/mol. The lowest BCUT2D eigenvalue weighted by Crippen LogP contribution is -2.24. The highest BCUT2D eigenvalue weighted by Gasteiger charge is 2.18. The fraction of sp³-hybridized carbons (Fsp3) is 0.0952. The summed E-state index contributed by atoms with van der Waals surface area (Å²) >= 11 is 0. The van der Waals surface area contributed by atoms with E-state index >= 15 is 0 Å². The van der Waals surface area contributed by atoms with Crippen molar-refractivity contribution in [1.29, 1.82) is 0 Å². The minimum atomic E-state index is -0.500. The Balaban J connectivity index is 2.16. The summed E-state index contributed by atoms with van der Waals surface area (Å²) in [6.45, 7) is 3.71. The predicted molar refractivity (Wildman–Crippen MR) is 114 cm³/mol. The van der Waals surface area contributed by atoms with E-state index in [-0.39, 0.29) is 11.2 Å². The van der Waals surface area contributed by atoms with Crippen LogP contribution >= 0.6 is 9.24 Å². The number of nitrogens with zero attached hydrogens (tertiary/aromatic N) is 3. The molecule has 2 N–H and O–H groups in total. The molecule has 0 radical (unpaired) electrons. The van der Waals surface area contributed by atoms with Crippen LogP contribution < -0.4 is 16.6 Å². The molecule has 0 saturated heterocycles. The molecule has 2 aromatic carbocycles. The van der Waals surface area contributed by atoms with Crippen molar-refractivity contribution in [2.45, 2.75) is 13.8 Å². The molecule has 4 aromatic rings. The van der Waals surface area contributed by atoms with Crippen LogP contribution in [-0.4, -0.2) is 14.5 Å². The van der Waals surface area contributed by atoms with Crippen molar-refractivity contribution >= 4 is 31.3 Å². The molecule has 0 saturated carbocycles. The Morgan fingerprint density at radius 1 is 1.07 bits per heavy atom. The highest BCUT2D eigenvalue weighted by atomic mass is 31.0. The highest BCUT2D eigenvalue weighted by Crippen LogP contribution is 2.30. The van der Waals surface area contributed by atoms with Gasteiger partial charge in [-0.25, -0.2) is 14.4 Å². The minimum Gasteiger partial charge on any atom is -0.399 e. The third kappa shape index (κ3) is 2.96. The second-order valence-corrected chi connectivity index (χ2v) is 7.24. The summed E-state index contributed by atoms with van der Waals surface area (Å²) in [7, 11) is 2.47. The summed E-state index contributed by atoms with van der Waals surface area (Å²) in [5, 5.41) is 1.21. The van der Waals surface area contributed by atoms with Gasteiger partial charge in [0.15, 0.2) is 5.65 Å². The molecule has 0 aliphatic carbocycles. The first-order valence-electron chi connectivity index (χ1n) is 8.68. The molecule has 0 amide bonds. The Morgan fingerprint density at radius 3 is 2.61 bits per heavy atom. The number of benzene rings is 2. The zero-order chi connectivity index (χ0) is 20.0. The molecule has 28 heavy (non-hydrogen) atoms. The van der Waals surface area contributed by atoms with Gasteiger partial charge in [-0.1, -0.05) is 18.2 Å². The normalized spacial score (nSPS) is 11.1. The maximum atomic E-state index is 14.7. The molecule has 0 spiro atoms. The zero-order valence-electron chi connectivity index (χ0n) is 15.4. The summed E-state index contributed by atoms with van der Waals surface area (Å²) in [4.78, 5) is 21.8. The largest absolute Gasteiger partial charge is 0.399 e. The van der Waals surface area contributed by atoms with E-state index in [9.17, 15) is 9.18 Å². The fourth-order valence-electron chi connectivity index (χ4n) is 3.31. The first-order valence-corrected chi connectivity index (χ1v) is 9.26. The van der Waals surface area contributed by atoms with E-state index in [1.807, 2.05) is 25.1 Å². The molecule has 0 aliphatic heterocycles. The van der Waals surface area contributed by atoms with Crippen LogP contribution in [0.4, 0.5) is 10.1 Å². The Labute approximate surface area is 163 Å². The Bertz CT molecular complexity index is 1280. The van der Waals surface area contributed by atoms with Crippen molar-refractivity contribution in [3.63, 3.8) is 0 Å². The van der Waals surface area contributed by atoms with Crippen molar-refractivity contribution in [3.05, 3.63) is 76.1 Å². The van der Waals surface area contributed by atoms with Crippen molar-refractivity contribution in [3.8, 4) is 16.9 Å². The summed E-state index contributed by atoms with van der Waals surface area (Å²) in [6, 6.07) is 13.3. The topological polar surface area (TPSA) is 73.8 Å². The Morgan fingerprint density at radius 2 is 1.86 bits per heavy atom. The van der Waals surface area contributed by atoms with Gasteiger partial charge >= 0.3 is 0 Å². The van der Waals surface area contributed by atoms with E-state index < -0.39 is 5.82 Å². The van der Waals surface area contributed by atoms with Crippen LogP contribution in [-0.2, 0) is 0 Å². The lowest BCUT2D eigenvalue weighted by molar-refractivity contribution is 0.619. The van der Waals surface area contributed by atoms with Gasteiger partial charge in [-0.15, -0.1) is 9.24 Å². The number of hydrogen-bond acceptors (Lipinski definition) is 4. The van der Waals surface area contributed by atoms with Gasteiger partial charge in [0.25, 0.3) is 5.56 Å². The first kappa shape index (κ1) is 18.3. The molecule has 1 atom stereocenters. The fourth-order valence-corrected chi connectivity index (χ4v) is 3.69. The molecule has 0 aliphatic rings. The van der Waals surface area contributed by atoms with Gasteiger partial charge in [-0.3, -0.25) is 9.36 Å². The average Bonchev–Trinajstić information content (AvgIpc) is 2.64. The van der Waals surface area contributed by atoms with Gasteiger partial charge in [0.1, 0.15) is 11.6 Å². The number of nitrogens with two attached hydrogens (primary N) is 1. The van der Waals surface area contributed by atoms with E-state index in [1.54, 1.807) is 25.1 Å². The molecule has 7 heteroatoms. The lowest BCUT2D eigenvalue weighted by Gasteiger charge is -2.16. The van der Waals surface area contributed by atoms with Crippen molar-refractivity contribution in [1.82, 2.24) is 14.5 Å². The van der Waals surface area contributed by atoms with E-state index in [0.29, 0.717) is 33.5 Å². The standard InChI is InChI=1S/C21H18FN4OP/c1-11-6-7-13(23)10-15(11)19-14-8-9-18(27)26(21(14)25-12(2)24-19)20-16(22)4-3-5-17(20)28/h3-10H,23,28H2,1-2H3. The van der Waals surface area contributed by atoms with Gasteiger partial charge in [0, 0.05) is 22.7 Å². The van der Waals surface area contributed by atoms with E-state index in [0.717, 1.165) is 11.1 Å². The zero-order valence-corrected chi connectivity index (χ0v) is 16.6. The molecule has 5 nitrogen and oxygen atoms in total. The van der Waals surface area contributed by atoms with Crippen LogP contribution in [0, 0.1) is 19.7 Å². The monoisotopic (exact) mass is 392 g/mol. The number of halogens is 1. The molecule has 0 bridgehead atoms. The molecule has 1 unspecified atom stereocenters. The van der Waals surface area contributed by atoms with Crippen LogP contribution in [0.1, 0.15) is 11.4 Å². The number of rotatable bonds is 2. The van der Waals surface area contributed by atoms with Gasteiger partial charge in [-0.2, -0.15) is 0 Å². The molecule has 2 heterocycles. The maximum Gasteiger partial charge on any atom is 0.256 e. The molecule has 2 aromatic heterocycles. The summed E-state index contributed by atoms with van der Waals surface area (Å²) in [6.07, 6.45) is 0. The summed E-state index contributed by atoms with van der Waals surface area (Å²) < 4.78 is 16.0. The number of hydrogen-bond donors (Lipinski definition) is 1. The third-order valence-electron chi connectivity index (χ3n) is 4.62.